The first kappa shape index (κ1) is 15.9. The molecule has 1 fully saturated rings. The highest BCUT2D eigenvalue weighted by molar-refractivity contribution is 5.97. The number of piperidine rings is 1. The number of aryl methyl sites for hydroxylation is 1. The maximum atomic E-state index is 12.5. The maximum absolute atomic E-state index is 12.5. The van der Waals surface area contributed by atoms with Crippen LogP contribution in [0.25, 0.3) is 0 Å². The normalized spacial score (nSPS) is 16.4. The van der Waals surface area contributed by atoms with Crippen molar-refractivity contribution in [3.8, 4) is 0 Å². The lowest BCUT2D eigenvalue weighted by molar-refractivity contribution is 0.0841. The van der Waals surface area contributed by atoms with E-state index in [1.165, 1.54) is 0 Å². The van der Waals surface area contributed by atoms with Gasteiger partial charge in [-0.2, -0.15) is 0 Å². The van der Waals surface area contributed by atoms with E-state index in [0.717, 1.165) is 55.8 Å². The number of likely N-dealkylation sites (tertiary alicyclic amines) is 1. The van der Waals surface area contributed by atoms with Crippen molar-refractivity contribution in [2.75, 3.05) is 19.6 Å². The number of aromatic nitrogens is 1. The van der Waals surface area contributed by atoms with Crippen molar-refractivity contribution < 1.29 is 4.79 Å². The molecule has 0 amide bonds. The second-order valence-electron chi connectivity index (χ2n) is 6.37. The van der Waals surface area contributed by atoms with Crippen LogP contribution in [0.4, 0.5) is 0 Å². The van der Waals surface area contributed by atoms with Gasteiger partial charge in [0.15, 0.2) is 5.78 Å². The van der Waals surface area contributed by atoms with E-state index in [9.17, 15) is 4.79 Å². The molecule has 3 rings (SSSR count). The van der Waals surface area contributed by atoms with Crippen molar-refractivity contribution in [3.05, 3.63) is 65.5 Å². The third kappa shape index (κ3) is 4.26. The number of benzene rings is 1. The standard InChI is InChI=1S/C20H24N2O/c1-16-6-5-9-19(21-16)12-15-22-13-10-18(11-14-22)20(23)17-7-3-2-4-8-17/h2-9,18H,10-15H2,1H3. The Morgan fingerprint density at radius 2 is 1.83 bits per heavy atom. The van der Waals surface area contributed by atoms with Gasteiger partial charge in [-0.1, -0.05) is 36.4 Å². The van der Waals surface area contributed by atoms with Crippen LogP contribution in [0.15, 0.2) is 48.5 Å². The number of hydrogen-bond donors (Lipinski definition) is 0. The predicted octanol–water partition coefficient (Wildman–Crippen LogP) is 3.53. The largest absolute Gasteiger partial charge is 0.303 e. The zero-order valence-corrected chi connectivity index (χ0v) is 13.7. The lowest BCUT2D eigenvalue weighted by atomic mass is 9.89. The minimum atomic E-state index is 0.186. The molecule has 0 N–H and O–H groups in total. The summed E-state index contributed by atoms with van der Waals surface area (Å²) in [5, 5.41) is 0. The summed E-state index contributed by atoms with van der Waals surface area (Å²) in [6.45, 7) is 5.08. The van der Waals surface area contributed by atoms with E-state index in [2.05, 4.69) is 22.0 Å². The van der Waals surface area contributed by atoms with E-state index < -0.39 is 0 Å². The maximum Gasteiger partial charge on any atom is 0.166 e. The lowest BCUT2D eigenvalue weighted by Crippen LogP contribution is -2.37. The average molecular weight is 308 g/mol. The minimum Gasteiger partial charge on any atom is -0.303 e. The summed E-state index contributed by atoms with van der Waals surface area (Å²) in [6.07, 6.45) is 2.92. The first-order valence-electron chi connectivity index (χ1n) is 8.46. The SMILES string of the molecule is Cc1cccc(CCN2CCC(C(=O)c3ccccc3)CC2)n1. The fourth-order valence-electron chi connectivity index (χ4n) is 3.27. The Kier molecular flexibility index (Phi) is 5.19. The second kappa shape index (κ2) is 7.51. The molecule has 1 aliphatic rings. The molecule has 0 saturated carbocycles. The fraction of sp³-hybridized carbons (Fsp3) is 0.400. The Morgan fingerprint density at radius 1 is 1.09 bits per heavy atom. The van der Waals surface area contributed by atoms with Gasteiger partial charge in [0.2, 0.25) is 0 Å². The van der Waals surface area contributed by atoms with Crippen LogP contribution in [-0.2, 0) is 6.42 Å². The van der Waals surface area contributed by atoms with Gasteiger partial charge in [-0.15, -0.1) is 0 Å². The Bertz CT molecular complexity index is 646. The molecular weight excluding hydrogens is 284 g/mol. The minimum absolute atomic E-state index is 0.186. The van der Waals surface area contributed by atoms with E-state index in [1.54, 1.807) is 0 Å². The first-order chi connectivity index (χ1) is 11.2. The summed E-state index contributed by atoms with van der Waals surface area (Å²) in [6, 6.07) is 15.9. The quantitative estimate of drug-likeness (QED) is 0.792. The molecule has 1 aliphatic heterocycles. The Balaban J connectivity index is 1.48. The van der Waals surface area contributed by atoms with E-state index >= 15 is 0 Å². The number of ketones is 1. The number of hydrogen-bond acceptors (Lipinski definition) is 3. The monoisotopic (exact) mass is 308 g/mol. The molecule has 1 saturated heterocycles. The summed E-state index contributed by atoms with van der Waals surface area (Å²) in [4.78, 5) is 19.5. The van der Waals surface area contributed by atoms with Gasteiger partial charge in [0.05, 0.1) is 0 Å². The Labute approximate surface area is 138 Å². The highest BCUT2D eigenvalue weighted by Crippen LogP contribution is 2.21. The van der Waals surface area contributed by atoms with Crippen molar-refractivity contribution in [2.24, 2.45) is 5.92 Å². The zero-order chi connectivity index (χ0) is 16.1. The molecule has 0 unspecified atom stereocenters. The molecule has 0 radical (unpaired) electrons. The molecule has 0 aliphatic carbocycles. The Morgan fingerprint density at radius 3 is 2.52 bits per heavy atom. The van der Waals surface area contributed by atoms with Crippen molar-refractivity contribution in [3.63, 3.8) is 0 Å². The van der Waals surface area contributed by atoms with Crippen molar-refractivity contribution in [2.45, 2.75) is 26.2 Å². The van der Waals surface area contributed by atoms with Crippen LogP contribution >= 0.6 is 0 Å². The summed E-state index contributed by atoms with van der Waals surface area (Å²) in [5.74, 6) is 0.497. The molecule has 120 valence electrons. The molecule has 3 nitrogen and oxygen atoms in total. The number of pyridine rings is 1. The van der Waals surface area contributed by atoms with Crippen molar-refractivity contribution >= 4 is 5.78 Å². The molecule has 1 aromatic heterocycles. The zero-order valence-electron chi connectivity index (χ0n) is 13.7. The van der Waals surface area contributed by atoms with Crippen LogP contribution in [-0.4, -0.2) is 35.3 Å². The molecule has 3 heteroatoms. The Hall–Kier alpha value is -2.00. The molecule has 0 spiro atoms. The van der Waals surface area contributed by atoms with Gasteiger partial charge in [0, 0.05) is 35.8 Å². The third-order valence-corrected chi connectivity index (χ3v) is 4.65. The van der Waals surface area contributed by atoms with Gasteiger partial charge >= 0.3 is 0 Å². The van der Waals surface area contributed by atoms with Gasteiger partial charge in [0.1, 0.15) is 0 Å². The third-order valence-electron chi connectivity index (χ3n) is 4.65. The van der Waals surface area contributed by atoms with Gasteiger partial charge in [-0.3, -0.25) is 9.78 Å². The topological polar surface area (TPSA) is 33.2 Å². The first-order valence-corrected chi connectivity index (χ1v) is 8.46. The summed E-state index contributed by atoms with van der Waals surface area (Å²) in [5.41, 5.74) is 3.09. The average Bonchev–Trinajstić information content (AvgIpc) is 2.61. The van der Waals surface area contributed by atoms with E-state index in [-0.39, 0.29) is 5.92 Å². The van der Waals surface area contributed by atoms with Gasteiger partial charge in [-0.25, -0.2) is 0 Å². The highest BCUT2D eigenvalue weighted by Gasteiger charge is 2.25. The molecule has 2 heterocycles. The van der Waals surface area contributed by atoms with Gasteiger partial charge < -0.3 is 4.90 Å². The number of carbonyl (C=O) groups is 1. The number of rotatable bonds is 5. The van der Waals surface area contributed by atoms with Crippen LogP contribution in [0.3, 0.4) is 0 Å². The molecule has 1 aromatic carbocycles. The molecule has 0 bridgehead atoms. The molecule has 2 aromatic rings. The number of nitrogens with zero attached hydrogens (tertiary/aromatic N) is 2. The van der Waals surface area contributed by atoms with Crippen molar-refractivity contribution in [1.82, 2.24) is 9.88 Å². The van der Waals surface area contributed by atoms with Crippen LogP contribution < -0.4 is 0 Å². The fourth-order valence-corrected chi connectivity index (χ4v) is 3.27. The number of Topliss-reactive ketones (excluding diaryl/α,β-unsaturated/α-hetero) is 1. The van der Waals surface area contributed by atoms with Gasteiger partial charge in [0.25, 0.3) is 0 Å². The lowest BCUT2D eigenvalue weighted by Gasteiger charge is -2.31. The summed E-state index contributed by atoms with van der Waals surface area (Å²) < 4.78 is 0. The number of carbonyl (C=O) groups excluding carboxylic acids is 1. The molecule has 23 heavy (non-hydrogen) atoms. The predicted molar refractivity (Wildman–Crippen MR) is 92.6 cm³/mol. The summed E-state index contributed by atoms with van der Waals surface area (Å²) in [7, 11) is 0. The van der Waals surface area contributed by atoms with Crippen LogP contribution in [0.5, 0.6) is 0 Å². The van der Waals surface area contributed by atoms with E-state index in [4.69, 9.17) is 0 Å². The van der Waals surface area contributed by atoms with Crippen LogP contribution in [0.1, 0.15) is 34.6 Å². The van der Waals surface area contributed by atoms with E-state index in [1.807, 2.05) is 43.3 Å². The van der Waals surface area contributed by atoms with Crippen molar-refractivity contribution in [1.29, 1.82) is 0 Å². The molecule has 0 atom stereocenters. The molecular formula is C20H24N2O. The van der Waals surface area contributed by atoms with Crippen LogP contribution in [0, 0.1) is 12.8 Å². The van der Waals surface area contributed by atoms with E-state index in [0.29, 0.717) is 5.78 Å². The van der Waals surface area contributed by atoms with Gasteiger partial charge in [-0.05, 0) is 45.0 Å². The smallest absolute Gasteiger partial charge is 0.166 e. The highest BCUT2D eigenvalue weighted by atomic mass is 16.1. The van der Waals surface area contributed by atoms with Crippen LogP contribution in [0.2, 0.25) is 0 Å². The summed E-state index contributed by atoms with van der Waals surface area (Å²) >= 11 is 0. The second-order valence-corrected chi connectivity index (χ2v) is 6.37.